The summed E-state index contributed by atoms with van der Waals surface area (Å²) in [5.74, 6) is 1.81. The van der Waals surface area contributed by atoms with Crippen molar-refractivity contribution in [2.45, 2.75) is 25.2 Å². The van der Waals surface area contributed by atoms with E-state index in [9.17, 15) is 4.79 Å². The lowest BCUT2D eigenvalue weighted by atomic mass is 9.97. The van der Waals surface area contributed by atoms with E-state index >= 15 is 0 Å². The summed E-state index contributed by atoms with van der Waals surface area (Å²) in [7, 11) is 1.52. The molecule has 3 aromatic rings. The highest BCUT2D eigenvalue weighted by Crippen LogP contribution is 2.29. The summed E-state index contributed by atoms with van der Waals surface area (Å²) in [5, 5.41) is 0.703. The minimum atomic E-state index is -0.0784. The molecule has 0 radical (unpaired) electrons. The molecule has 0 N–H and O–H groups in total. The van der Waals surface area contributed by atoms with E-state index in [2.05, 4.69) is 9.97 Å². The first-order valence-electron chi connectivity index (χ1n) is 9.61. The third-order valence-corrected chi connectivity index (χ3v) is 5.33. The fourth-order valence-electron chi connectivity index (χ4n) is 3.69. The molecule has 0 unspecified atom stereocenters. The van der Waals surface area contributed by atoms with Crippen LogP contribution in [0.15, 0.2) is 53.2 Å². The van der Waals surface area contributed by atoms with Crippen molar-refractivity contribution < 1.29 is 13.9 Å². The molecule has 6 nitrogen and oxygen atoms in total. The maximum Gasteiger partial charge on any atom is 0.259 e. The summed E-state index contributed by atoms with van der Waals surface area (Å²) >= 11 is 6.06. The van der Waals surface area contributed by atoms with Crippen molar-refractivity contribution in [1.82, 2.24) is 14.9 Å². The van der Waals surface area contributed by atoms with E-state index in [1.807, 2.05) is 29.2 Å². The average molecular weight is 412 g/mol. The van der Waals surface area contributed by atoms with Gasteiger partial charge in [-0.1, -0.05) is 23.7 Å². The van der Waals surface area contributed by atoms with Crippen LogP contribution in [0.1, 0.15) is 46.3 Å². The fraction of sp³-hybridized carbons (Fsp3) is 0.318. The number of likely N-dealkylation sites (tertiary alicyclic amines) is 1. The van der Waals surface area contributed by atoms with Gasteiger partial charge >= 0.3 is 0 Å². The van der Waals surface area contributed by atoms with Crippen LogP contribution in [-0.4, -0.2) is 41.0 Å². The van der Waals surface area contributed by atoms with Gasteiger partial charge in [0.05, 0.1) is 19.2 Å². The summed E-state index contributed by atoms with van der Waals surface area (Å²) in [6, 6.07) is 11.2. The van der Waals surface area contributed by atoms with E-state index in [1.165, 1.54) is 7.11 Å². The number of carbonyl (C=O) groups is 1. The smallest absolute Gasteiger partial charge is 0.259 e. The van der Waals surface area contributed by atoms with Crippen molar-refractivity contribution in [2.24, 2.45) is 0 Å². The van der Waals surface area contributed by atoms with Crippen LogP contribution in [0, 0.1) is 0 Å². The van der Waals surface area contributed by atoms with Crippen LogP contribution in [0.2, 0.25) is 5.02 Å². The summed E-state index contributed by atoms with van der Waals surface area (Å²) in [4.78, 5) is 23.4. The number of oxazole rings is 1. The highest BCUT2D eigenvalue weighted by Gasteiger charge is 2.29. The Hall–Kier alpha value is -2.86. The molecule has 1 amide bonds. The zero-order chi connectivity index (χ0) is 20.2. The second-order valence-electron chi connectivity index (χ2n) is 7.12. The lowest BCUT2D eigenvalue weighted by molar-refractivity contribution is 0.0693. The second kappa shape index (κ2) is 8.66. The summed E-state index contributed by atoms with van der Waals surface area (Å²) in [5.41, 5.74) is 1.55. The van der Waals surface area contributed by atoms with Gasteiger partial charge in [0.15, 0.2) is 5.89 Å². The van der Waals surface area contributed by atoms with Crippen LogP contribution in [0.3, 0.4) is 0 Å². The van der Waals surface area contributed by atoms with Crippen molar-refractivity contribution in [3.8, 4) is 5.88 Å². The number of methoxy groups -OCH3 is 1. The number of piperidine rings is 1. The molecule has 0 saturated carbocycles. The van der Waals surface area contributed by atoms with Gasteiger partial charge in [-0.3, -0.25) is 4.79 Å². The van der Waals surface area contributed by atoms with Gasteiger partial charge < -0.3 is 14.1 Å². The quantitative estimate of drug-likeness (QED) is 0.624. The molecule has 1 fully saturated rings. The highest BCUT2D eigenvalue weighted by molar-refractivity contribution is 6.30. The number of hydrogen-bond donors (Lipinski definition) is 0. The Morgan fingerprint density at radius 1 is 1.31 bits per heavy atom. The Morgan fingerprint density at radius 2 is 2.21 bits per heavy atom. The van der Waals surface area contributed by atoms with Crippen LogP contribution in [0.5, 0.6) is 5.88 Å². The average Bonchev–Trinajstić information content (AvgIpc) is 3.22. The van der Waals surface area contributed by atoms with Gasteiger partial charge in [-0.05, 0) is 42.7 Å². The number of aromatic nitrogens is 2. The van der Waals surface area contributed by atoms with Gasteiger partial charge in [-0.2, -0.15) is 0 Å². The largest absolute Gasteiger partial charge is 0.480 e. The molecule has 0 spiro atoms. The minimum Gasteiger partial charge on any atom is -0.480 e. The molecule has 1 aliphatic heterocycles. The fourth-order valence-corrected chi connectivity index (χ4v) is 3.90. The van der Waals surface area contributed by atoms with Crippen molar-refractivity contribution in [3.05, 3.63) is 76.6 Å². The van der Waals surface area contributed by atoms with Crippen LogP contribution < -0.4 is 4.74 Å². The first-order chi connectivity index (χ1) is 14.1. The molecule has 0 aliphatic carbocycles. The van der Waals surface area contributed by atoms with Gasteiger partial charge in [0, 0.05) is 30.7 Å². The number of halogens is 1. The Balaban J connectivity index is 1.46. The van der Waals surface area contributed by atoms with Crippen LogP contribution in [0.25, 0.3) is 0 Å². The predicted molar refractivity (Wildman–Crippen MR) is 109 cm³/mol. The Bertz CT molecular complexity index is 1000. The van der Waals surface area contributed by atoms with E-state index in [1.54, 1.807) is 24.5 Å². The van der Waals surface area contributed by atoms with E-state index in [0.717, 1.165) is 24.2 Å². The highest BCUT2D eigenvalue weighted by atomic mass is 35.5. The Morgan fingerprint density at radius 3 is 3.03 bits per heavy atom. The molecule has 150 valence electrons. The SMILES string of the molecule is COc1ncccc1C(=O)N1CCC[C@H](c2ncc(Cc3cccc(Cl)c3)o2)C1. The molecule has 1 saturated heterocycles. The van der Waals surface area contributed by atoms with E-state index in [4.69, 9.17) is 20.8 Å². The summed E-state index contributed by atoms with van der Waals surface area (Å²) < 4.78 is 11.3. The van der Waals surface area contributed by atoms with E-state index in [-0.39, 0.29) is 11.8 Å². The monoisotopic (exact) mass is 411 g/mol. The Labute approximate surface area is 174 Å². The lowest BCUT2D eigenvalue weighted by Crippen LogP contribution is -2.39. The number of ether oxygens (including phenoxy) is 1. The number of pyridine rings is 1. The lowest BCUT2D eigenvalue weighted by Gasteiger charge is -2.31. The molecule has 4 rings (SSSR count). The van der Waals surface area contributed by atoms with Gasteiger partial charge in [-0.25, -0.2) is 9.97 Å². The second-order valence-corrected chi connectivity index (χ2v) is 7.56. The van der Waals surface area contributed by atoms with Gasteiger partial charge in [0.1, 0.15) is 11.3 Å². The molecule has 1 aromatic carbocycles. The zero-order valence-corrected chi connectivity index (χ0v) is 16.9. The van der Waals surface area contributed by atoms with Gasteiger partial charge in [-0.15, -0.1) is 0 Å². The van der Waals surface area contributed by atoms with Crippen molar-refractivity contribution in [1.29, 1.82) is 0 Å². The normalized spacial score (nSPS) is 16.6. The molecular weight excluding hydrogens is 390 g/mol. The summed E-state index contributed by atoms with van der Waals surface area (Å²) in [6.45, 7) is 1.26. The van der Waals surface area contributed by atoms with E-state index in [0.29, 0.717) is 41.9 Å². The molecule has 0 bridgehead atoms. The first-order valence-corrected chi connectivity index (χ1v) is 9.99. The number of hydrogen-bond acceptors (Lipinski definition) is 5. The molecule has 2 aromatic heterocycles. The van der Waals surface area contributed by atoms with Gasteiger partial charge in [0.2, 0.25) is 5.88 Å². The number of amides is 1. The van der Waals surface area contributed by atoms with Crippen LogP contribution >= 0.6 is 11.6 Å². The molecule has 1 aliphatic rings. The molecular formula is C22H22ClN3O3. The number of benzene rings is 1. The van der Waals surface area contributed by atoms with E-state index < -0.39 is 0 Å². The maximum atomic E-state index is 13.0. The third kappa shape index (κ3) is 4.43. The first kappa shape index (κ1) is 19.5. The summed E-state index contributed by atoms with van der Waals surface area (Å²) in [6.07, 6.45) is 5.84. The van der Waals surface area contributed by atoms with Crippen molar-refractivity contribution >= 4 is 17.5 Å². The molecule has 29 heavy (non-hydrogen) atoms. The van der Waals surface area contributed by atoms with Crippen molar-refractivity contribution in [2.75, 3.05) is 20.2 Å². The predicted octanol–water partition coefficient (Wildman–Crippen LogP) is 4.34. The third-order valence-electron chi connectivity index (χ3n) is 5.09. The van der Waals surface area contributed by atoms with Crippen molar-refractivity contribution in [3.63, 3.8) is 0 Å². The molecule has 7 heteroatoms. The minimum absolute atomic E-state index is 0.0727. The standard InChI is InChI=1S/C22H22ClN3O3/c1-28-21-19(8-3-9-24-21)22(27)26-10-4-6-16(14-26)20-25-13-18(29-20)12-15-5-2-7-17(23)11-15/h2-3,5,7-9,11,13,16H,4,6,10,12,14H2,1H3/t16-/m0/s1. The molecule has 1 atom stereocenters. The zero-order valence-electron chi connectivity index (χ0n) is 16.2. The Kier molecular flexibility index (Phi) is 5.81. The molecule has 3 heterocycles. The van der Waals surface area contributed by atoms with Crippen LogP contribution in [-0.2, 0) is 6.42 Å². The number of carbonyl (C=O) groups excluding carboxylic acids is 1. The van der Waals surface area contributed by atoms with Gasteiger partial charge in [0.25, 0.3) is 5.91 Å². The number of nitrogens with zero attached hydrogens (tertiary/aromatic N) is 3. The topological polar surface area (TPSA) is 68.5 Å². The number of rotatable bonds is 5. The maximum absolute atomic E-state index is 13.0. The van der Waals surface area contributed by atoms with Crippen LogP contribution in [0.4, 0.5) is 0 Å².